The molecule has 1 rings (SSSR count). The highest BCUT2D eigenvalue weighted by Gasteiger charge is 2.21. The third kappa shape index (κ3) is 3.28. The van der Waals surface area contributed by atoms with Crippen LogP contribution in [0, 0.1) is 5.92 Å². The number of hydrogen-bond acceptors (Lipinski definition) is 1. The Bertz CT molecular complexity index is 59.5. The first-order valence-corrected chi connectivity index (χ1v) is 3.04. The van der Waals surface area contributed by atoms with Crippen molar-refractivity contribution in [2.45, 2.75) is 32.2 Å². The molecule has 0 bridgehead atoms. The van der Waals surface area contributed by atoms with Crippen LogP contribution in [-0.2, 0) is 0 Å². The zero-order chi connectivity index (χ0) is 5.28. The van der Waals surface area contributed by atoms with Gasteiger partial charge in [-0.1, -0.05) is 12.8 Å². The SMILES string of the molecule is CC(N)CC1CC1.Cl. The molecule has 1 unspecified atom stereocenters. The second-order valence-corrected chi connectivity index (χ2v) is 2.66. The van der Waals surface area contributed by atoms with Crippen LogP contribution in [0.3, 0.4) is 0 Å². The van der Waals surface area contributed by atoms with Crippen LogP contribution in [-0.4, -0.2) is 6.04 Å². The Balaban J connectivity index is 0.000000490. The molecule has 0 heterocycles. The summed E-state index contributed by atoms with van der Waals surface area (Å²) in [7, 11) is 0. The summed E-state index contributed by atoms with van der Waals surface area (Å²) in [6.45, 7) is 2.08. The predicted octanol–water partition coefficient (Wildman–Crippen LogP) is 1.56. The zero-order valence-corrected chi connectivity index (χ0v) is 6.08. The minimum absolute atomic E-state index is 0. The molecule has 1 nitrogen and oxygen atoms in total. The predicted molar refractivity (Wildman–Crippen MR) is 38.2 cm³/mol. The van der Waals surface area contributed by atoms with E-state index in [4.69, 9.17) is 5.73 Å². The van der Waals surface area contributed by atoms with Crippen LogP contribution < -0.4 is 5.73 Å². The molecule has 50 valence electrons. The molecular weight excluding hydrogens is 122 g/mol. The van der Waals surface area contributed by atoms with Crippen LogP contribution in [0.25, 0.3) is 0 Å². The third-order valence-corrected chi connectivity index (χ3v) is 1.40. The van der Waals surface area contributed by atoms with Crippen molar-refractivity contribution < 1.29 is 0 Å². The summed E-state index contributed by atoms with van der Waals surface area (Å²) >= 11 is 0. The van der Waals surface area contributed by atoms with Crippen molar-refractivity contribution in [2.75, 3.05) is 0 Å². The average Bonchev–Trinajstić information content (AvgIpc) is 2.17. The van der Waals surface area contributed by atoms with Crippen molar-refractivity contribution in [3.8, 4) is 0 Å². The molecule has 0 saturated heterocycles. The standard InChI is InChI=1S/C6H13N.ClH/c1-5(7)4-6-2-3-6;/h5-6H,2-4,7H2,1H3;1H. The Hall–Kier alpha value is 0.250. The molecular formula is C6H14ClN. The monoisotopic (exact) mass is 135 g/mol. The molecule has 2 heteroatoms. The van der Waals surface area contributed by atoms with Gasteiger partial charge in [-0.05, 0) is 19.3 Å². The first-order chi connectivity index (χ1) is 3.29. The smallest absolute Gasteiger partial charge is 0.00131 e. The van der Waals surface area contributed by atoms with Gasteiger partial charge in [-0.2, -0.15) is 0 Å². The maximum absolute atomic E-state index is 5.53. The molecule has 1 atom stereocenters. The van der Waals surface area contributed by atoms with Crippen molar-refractivity contribution in [3.63, 3.8) is 0 Å². The molecule has 0 spiro atoms. The highest BCUT2D eigenvalue weighted by atomic mass is 35.5. The quantitative estimate of drug-likeness (QED) is 0.611. The van der Waals surface area contributed by atoms with Crippen molar-refractivity contribution in [1.29, 1.82) is 0 Å². The van der Waals surface area contributed by atoms with Gasteiger partial charge in [0.25, 0.3) is 0 Å². The Morgan fingerprint density at radius 2 is 2.12 bits per heavy atom. The van der Waals surface area contributed by atoms with Gasteiger partial charge in [-0.25, -0.2) is 0 Å². The van der Waals surface area contributed by atoms with E-state index in [2.05, 4.69) is 6.92 Å². The van der Waals surface area contributed by atoms with Crippen LogP contribution in [0.1, 0.15) is 26.2 Å². The lowest BCUT2D eigenvalue weighted by atomic mass is 10.2. The Kier molecular flexibility index (Phi) is 3.41. The van der Waals surface area contributed by atoms with Gasteiger partial charge in [0.15, 0.2) is 0 Å². The fourth-order valence-electron chi connectivity index (χ4n) is 0.879. The number of rotatable bonds is 2. The molecule has 0 amide bonds. The molecule has 1 fully saturated rings. The summed E-state index contributed by atoms with van der Waals surface area (Å²) in [4.78, 5) is 0. The van der Waals surface area contributed by atoms with Gasteiger partial charge in [0.1, 0.15) is 0 Å². The lowest BCUT2D eigenvalue weighted by molar-refractivity contribution is 0.610. The van der Waals surface area contributed by atoms with Crippen molar-refractivity contribution in [1.82, 2.24) is 0 Å². The molecule has 1 saturated carbocycles. The highest BCUT2D eigenvalue weighted by molar-refractivity contribution is 5.85. The second-order valence-electron chi connectivity index (χ2n) is 2.66. The van der Waals surface area contributed by atoms with E-state index in [1.807, 2.05) is 0 Å². The van der Waals surface area contributed by atoms with Crippen molar-refractivity contribution in [2.24, 2.45) is 11.7 Å². The van der Waals surface area contributed by atoms with Gasteiger partial charge < -0.3 is 5.73 Å². The summed E-state index contributed by atoms with van der Waals surface area (Å²) in [5.74, 6) is 1.000. The number of hydrogen-bond donors (Lipinski definition) is 1. The van der Waals surface area contributed by atoms with E-state index >= 15 is 0 Å². The highest BCUT2D eigenvalue weighted by Crippen LogP contribution is 2.32. The molecule has 0 aromatic heterocycles. The van der Waals surface area contributed by atoms with Gasteiger partial charge in [0, 0.05) is 6.04 Å². The van der Waals surface area contributed by atoms with Gasteiger partial charge in [-0.3, -0.25) is 0 Å². The fourth-order valence-corrected chi connectivity index (χ4v) is 0.879. The summed E-state index contributed by atoms with van der Waals surface area (Å²) in [5.41, 5.74) is 5.53. The molecule has 0 radical (unpaired) electrons. The minimum Gasteiger partial charge on any atom is -0.328 e. The van der Waals surface area contributed by atoms with Crippen LogP contribution in [0.15, 0.2) is 0 Å². The van der Waals surface area contributed by atoms with Crippen LogP contribution in [0.5, 0.6) is 0 Å². The van der Waals surface area contributed by atoms with Gasteiger partial charge in [0.05, 0.1) is 0 Å². The molecule has 0 aromatic rings. The van der Waals surface area contributed by atoms with Gasteiger partial charge >= 0.3 is 0 Å². The Labute approximate surface area is 57.1 Å². The van der Waals surface area contributed by atoms with E-state index < -0.39 is 0 Å². The lowest BCUT2D eigenvalue weighted by Gasteiger charge is -1.98. The molecule has 8 heavy (non-hydrogen) atoms. The normalized spacial score (nSPS) is 21.8. The van der Waals surface area contributed by atoms with E-state index in [9.17, 15) is 0 Å². The maximum Gasteiger partial charge on any atom is 0.00131 e. The van der Waals surface area contributed by atoms with E-state index in [0.29, 0.717) is 6.04 Å². The Morgan fingerprint density at radius 3 is 2.25 bits per heavy atom. The number of nitrogens with two attached hydrogens (primary N) is 1. The number of halogens is 1. The first-order valence-electron chi connectivity index (χ1n) is 3.04. The summed E-state index contributed by atoms with van der Waals surface area (Å²) < 4.78 is 0. The topological polar surface area (TPSA) is 26.0 Å². The summed E-state index contributed by atoms with van der Waals surface area (Å²) in [5, 5.41) is 0. The Morgan fingerprint density at radius 1 is 1.62 bits per heavy atom. The second kappa shape index (κ2) is 3.31. The van der Waals surface area contributed by atoms with Crippen molar-refractivity contribution >= 4 is 12.4 Å². The van der Waals surface area contributed by atoms with Crippen LogP contribution in [0.2, 0.25) is 0 Å². The maximum atomic E-state index is 5.53. The van der Waals surface area contributed by atoms with Gasteiger partial charge in [0.2, 0.25) is 0 Å². The minimum atomic E-state index is 0. The zero-order valence-electron chi connectivity index (χ0n) is 5.26. The molecule has 2 N–H and O–H groups in total. The molecule has 1 aliphatic carbocycles. The summed E-state index contributed by atoms with van der Waals surface area (Å²) in [6, 6.07) is 0.437. The molecule has 0 aliphatic heterocycles. The summed E-state index contributed by atoms with van der Waals surface area (Å²) in [6.07, 6.45) is 4.11. The van der Waals surface area contributed by atoms with Crippen LogP contribution in [0.4, 0.5) is 0 Å². The molecule has 0 aromatic carbocycles. The average molecular weight is 136 g/mol. The van der Waals surface area contributed by atoms with Crippen LogP contribution >= 0.6 is 12.4 Å². The van der Waals surface area contributed by atoms with Gasteiger partial charge in [-0.15, -0.1) is 12.4 Å². The molecule has 1 aliphatic rings. The lowest BCUT2D eigenvalue weighted by Crippen LogP contribution is -2.14. The van der Waals surface area contributed by atoms with E-state index in [1.165, 1.54) is 19.3 Å². The van der Waals surface area contributed by atoms with Crippen molar-refractivity contribution in [3.05, 3.63) is 0 Å². The largest absolute Gasteiger partial charge is 0.328 e. The third-order valence-electron chi connectivity index (χ3n) is 1.40. The van der Waals surface area contributed by atoms with E-state index in [-0.39, 0.29) is 12.4 Å². The first kappa shape index (κ1) is 8.25. The fraction of sp³-hybridized carbons (Fsp3) is 1.00. The van der Waals surface area contributed by atoms with E-state index in [1.54, 1.807) is 0 Å². The van der Waals surface area contributed by atoms with E-state index in [0.717, 1.165) is 5.92 Å².